The summed E-state index contributed by atoms with van der Waals surface area (Å²) >= 11 is 0. The summed E-state index contributed by atoms with van der Waals surface area (Å²) in [7, 11) is -2.31. The molecule has 1 aliphatic heterocycles. The first kappa shape index (κ1) is 20.3. The Morgan fingerprint density at radius 1 is 1.03 bits per heavy atom. The van der Waals surface area contributed by atoms with Gasteiger partial charge in [-0.25, -0.2) is 8.42 Å². The first-order valence-electron chi connectivity index (χ1n) is 9.48. The van der Waals surface area contributed by atoms with Crippen LogP contribution in [0, 0.1) is 0 Å². The normalized spacial score (nSPS) is 14.1. The molecule has 0 saturated heterocycles. The van der Waals surface area contributed by atoms with E-state index in [2.05, 4.69) is 17.0 Å². The van der Waals surface area contributed by atoms with Gasteiger partial charge < -0.3 is 9.15 Å². The minimum absolute atomic E-state index is 0.0291. The number of ether oxygens (including phenoxy) is 1. The van der Waals surface area contributed by atoms with Crippen LogP contribution < -0.4 is 10.2 Å². The van der Waals surface area contributed by atoms with Crippen molar-refractivity contribution in [2.45, 2.75) is 24.5 Å². The van der Waals surface area contributed by atoms with E-state index in [1.54, 1.807) is 18.2 Å². The highest BCUT2D eigenvalue weighted by atomic mass is 32.2. The van der Waals surface area contributed by atoms with Crippen LogP contribution in [0.25, 0.3) is 0 Å². The molecule has 0 atom stereocenters. The Kier molecular flexibility index (Phi) is 5.72. The summed E-state index contributed by atoms with van der Waals surface area (Å²) in [6.07, 6.45) is 1.24. The zero-order valence-electron chi connectivity index (χ0n) is 16.5. The van der Waals surface area contributed by atoms with E-state index in [1.165, 1.54) is 42.6 Å². The van der Waals surface area contributed by atoms with Crippen LogP contribution in [0.15, 0.2) is 81.0 Å². The van der Waals surface area contributed by atoms with Crippen LogP contribution in [0.4, 0.5) is 0 Å². The lowest BCUT2D eigenvalue weighted by molar-refractivity contribution is 0.209. The summed E-state index contributed by atoms with van der Waals surface area (Å²) in [5, 5.41) is 0. The number of sulfonamides is 1. The van der Waals surface area contributed by atoms with E-state index in [9.17, 15) is 13.2 Å². The Morgan fingerprint density at radius 2 is 1.67 bits per heavy atom. The highest BCUT2D eigenvalue weighted by Gasteiger charge is 2.22. The third-order valence-corrected chi connectivity index (χ3v) is 6.79. The van der Waals surface area contributed by atoms with Gasteiger partial charge in [-0.15, -0.1) is 0 Å². The summed E-state index contributed by atoms with van der Waals surface area (Å²) in [5.74, 6) is 0.504. The quantitative estimate of drug-likeness (QED) is 0.541. The van der Waals surface area contributed by atoms with Crippen LogP contribution in [0.1, 0.15) is 16.9 Å². The number of hydrogen-bond acceptors (Lipinski definition) is 6. The van der Waals surface area contributed by atoms with Gasteiger partial charge >= 0.3 is 0 Å². The minimum Gasteiger partial charge on any atom is -0.470 e. The van der Waals surface area contributed by atoms with Crippen molar-refractivity contribution in [3.8, 4) is 5.75 Å². The van der Waals surface area contributed by atoms with E-state index in [-0.39, 0.29) is 22.8 Å². The molecule has 0 radical (unpaired) electrons. The lowest BCUT2D eigenvalue weighted by Gasteiger charge is -2.17. The number of nitrogens with zero attached hydrogens (tertiary/aromatic N) is 2. The maximum absolute atomic E-state index is 12.5. The molecule has 30 heavy (non-hydrogen) atoms. The first-order chi connectivity index (χ1) is 14.4. The Hall–Kier alpha value is -2.94. The standard InChI is InChI=1S/C22H22N2O5S/c1-23(30(26,27)20-9-3-2-4-10-20)16-29-22-15-28-19(11-21(22)25)14-24-12-17-7-5-6-8-18(17)13-24/h2-11,15H,12-14,16H2,1H3. The first-order valence-corrected chi connectivity index (χ1v) is 10.9. The van der Waals surface area contributed by atoms with E-state index in [1.807, 2.05) is 12.1 Å². The van der Waals surface area contributed by atoms with Crippen molar-refractivity contribution in [3.63, 3.8) is 0 Å². The molecule has 0 N–H and O–H groups in total. The predicted molar refractivity (Wildman–Crippen MR) is 111 cm³/mol. The summed E-state index contributed by atoms with van der Waals surface area (Å²) in [6.45, 7) is 1.82. The molecule has 0 bridgehead atoms. The summed E-state index contributed by atoms with van der Waals surface area (Å²) in [6, 6.07) is 17.7. The summed E-state index contributed by atoms with van der Waals surface area (Å²) in [5.41, 5.74) is 2.21. The third-order valence-electron chi connectivity index (χ3n) is 4.99. The second-order valence-corrected chi connectivity index (χ2v) is 9.22. The Morgan fingerprint density at radius 3 is 2.30 bits per heavy atom. The molecule has 0 amide bonds. The molecule has 1 aromatic heterocycles. The van der Waals surface area contributed by atoms with Crippen LogP contribution in [-0.2, 0) is 29.7 Å². The van der Waals surface area contributed by atoms with Gasteiger partial charge in [0.2, 0.25) is 21.2 Å². The van der Waals surface area contributed by atoms with E-state index < -0.39 is 10.0 Å². The topological polar surface area (TPSA) is 80.1 Å². The zero-order valence-corrected chi connectivity index (χ0v) is 17.3. The number of benzene rings is 2. The van der Waals surface area contributed by atoms with Crippen molar-refractivity contribution < 1.29 is 17.6 Å². The van der Waals surface area contributed by atoms with Gasteiger partial charge in [-0.3, -0.25) is 9.69 Å². The second-order valence-electron chi connectivity index (χ2n) is 7.18. The maximum atomic E-state index is 12.5. The number of fused-ring (bicyclic) bond motifs is 1. The van der Waals surface area contributed by atoms with Crippen LogP contribution in [0.2, 0.25) is 0 Å². The average Bonchev–Trinajstić information content (AvgIpc) is 3.15. The van der Waals surface area contributed by atoms with Gasteiger partial charge in [-0.1, -0.05) is 42.5 Å². The minimum atomic E-state index is -3.70. The SMILES string of the molecule is CN(COc1coc(CN2Cc3ccccc3C2)cc1=O)S(=O)(=O)c1ccccc1. The summed E-state index contributed by atoms with van der Waals surface area (Å²) < 4.78 is 37.1. The monoisotopic (exact) mass is 426 g/mol. The van der Waals surface area contributed by atoms with E-state index >= 15 is 0 Å². The van der Waals surface area contributed by atoms with Crippen LogP contribution >= 0.6 is 0 Å². The average molecular weight is 426 g/mol. The molecule has 0 aliphatic carbocycles. The fraction of sp³-hybridized carbons (Fsp3) is 0.227. The smallest absolute Gasteiger partial charge is 0.245 e. The van der Waals surface area contributed by atoms with Gasteiger partial charge in [-0.05, 0) is 23.3 Å². The van der Waals surface area contributed by atoms with Crippen molar-refractivity contribution in [2.75, 3.05) is 13.8 Å². The van der Waals surface area contributed by atoms with Gasteiger partial charge in [0.1, 0.15) is 12.0 Å². The maximum Gasteiger partial charge on any atom is 0.245 e. The largest absolute Gasteiger partial charge is 0.470 e. The van der Waals surface area contributed by atoms with E-state index in [0.717, 1.165) is 17.4 Å². The molecule has 156 valence electrons. The molecule has 3 aromatic rings. The third kappa shape index (κ3) is 4.30. The van der Waals surface area contributed by atoms with Crippen molar-refractivity contribution in [2.24, 2.45) is 0 Å². The summed E-state index contributed by atoms with van der Waals surface area (Å²) in [4.78, 5) is 14.7. The number of rotatable bonds is 7. The molecule has 0 saturated carbocycles. The molecule has 2 aromatic carbocycles. The molecule has 0 unspecified atom stereocenters. The molecule has 4 rings (SSSR count). The number of hydrogen-bond donors (Lipinski definition) is 0. The molecular formula is C22H22N2O5S. The molecule has 8 heteroatoms. The fourth-order valence-corrected chi connectivity index (χ4v) is 4.42. The molecule has 0 spiro atoms. The molecule has 1 aliphatic rings. The lowest BCUT2D eigenvalue weighted by atomic mass is 10.1. The van der Waals surface area contributed by atoms with Crippen molar-refractivity contribution in [3.05, 3.63) is 94.0 Å². The van der Waals surface area contributed by atoms with Crippen LogP contribution in [0.5, 0.6) is 5.75 Å². The highest BCUT2D eigenvalue weighted by Crippen LogP contribution is 2.24. The van der Waals surface area contributed by atoms with E-state index in [4.69, 9.17) is 9.15 Å². The Balaban J connectivity index is 1.38. The van der Waals surface area contributed by atoms with Crippen LogP contribution in [-0.4, -0.2) is 31.4 Å². The van der Waals surface area contributed by atoms with Gasteiger partial charge in [0.25, 0.3) is 0 Å². The van der Waals surface area contributed by atoms with Gasteiger partial charge in [-0.2, -0.15) is 4.31 Å². The zero-order chi connectivity index (χ0) is 21.1. The van der Waals surface area contributed by atoms with Crippen LogP contribution in [0.3, 0.4) is 0 Å². The van der Waals surface area contributed by atoms with Gasteiger partial charge in [0, 0.05) is 26.2 Å². The second kappa shape index (κ2) is 8.43. The molecule has 2 heterocycles. The van der Waals surface area contributed by atoms with Crippen molar-refractivity contribution in [1.29, 1.82) is 0 Å². The Bertz CT molecular complexity index is 1170. The van der Waals surface area contributed by atoms with Gasteiger partial charge in [0.15, 0.2) is 6.73 Å². The molecule has 0 fully saturated rings. The Labute approximate surface area is 175 Å². The highest BCUT2D eigenvalue weighted by molar-refractivity contribution is 7.89. The van der Waals surface area contributed by atoms with Crippen molar-refractivity contribution >= 4 is 10.0 Å². The predicted octanol–water partition coefficient (Wildman–Crippen LogP) is 2.81. The van der Waals surface area contributed by atoms with E-state index in [0.29, 0.717) is 12.3 Å². The van der Waals surface area contributed by atoms with Crippen molar-refractivity contribution in [1.82, 2.24) is 9.21 Å². The molecular weight excluding hydrogens is 404 g/mol. The van der Waals surface area contributed by atoms with Gasteiger partial charge in [0.05, 0.1) is 11.4 Å². The molecule has 7 nitrogen and oxygen atoms in total. The lowest BCUT2D eigenvalue weighted by Crippen LogP contribution is -2.31. The fourth-order valence-electron chi connectivity index (χ4n) is 3.36.